The Morgan fingerprint density at radius 2 is 1.41 bits per heavy atom. The molecule has 0 radical (unpaired) electrons. The molecule has 0 N–H and O–H groups in total. The number of ether oxygens (including phenoxy) is 1. The first-order valence-corrected chi connectivity index (χ1v) is 12.7. The van der Waals surface area contributed by atoms with Crippen molar-refractivity contribution in [3.05, 3.63) is 78.4 Å². The van der Waals surface area contributed by atoms with Crippen molar-refractivity contribution in [3.8, 4) is 28.0 Å². The minimum Gasteiger partial charge on any atom is -0.430 e. The molecule has 0 heterocycles. The Morgan fingerprint density at radius 1 is 0.784 bits per heavy atom. The summed E-state index contributed by atoms with van der Waals surface area (Å²) in [5, 5.41) is 0. The molecule has 1 aliphatic rings. The van der Waals surface area contributed by atoms with E-state index in [1.165, 1.54) is 43.4 Å². The molecule has 7 heteroatoms. The normalized spacial score (nSPS) is 19.4. The number of benzene rings is 3. The third kappa shape index (κ3) is 6.49. The second-order valence-electron chi connectivity index (χ2n) is 9.77. The van der Waals surface area contributed by atoms with Crippen LogP contribution in [0.3, 0.4) is 0 Å². The molecule has 198 valence electrons. The minimum absolute atomic E-state index is 0.466. The maximum Gasteiger partial charge on any atom is 0.439 e. The molecule has 37 heavy (non-hydrogen) atoms. The zero-order chi connectivity index (χ0) is 26.6. The molecular weight excluding hydrogens is 490 g/mol. The van der Waals surface area contributed by atoms with Crippen molar-refractivity contribution in [2.75, 3.05) is 0 Å². The summed E-state index contributed by atoms with van der Waals surface area (Å²) in [5.74, 6) is 0.703. The lowest BCUT2D eigenvalue weighted by atomic mass is 9.77. The number of alkyl halides is 6. The molecular formula is C30H30F6O. The van der Waals surface area contributed by atoms with Gasteiger partial charge in [0.05, 0.1) is 0 Å². The molecule has 0 amide bonds. The third-order valence-electron chi connectivity index (χ3n) is 7.15. The Bertz CT molecular complexity index is 1150. The topological polar surface area (TPSA) is 9.23 Å². The van der Waals surface area contributed by atoms with E-state index in [1.54, 1.807) is 0 Å². The van der Waals surface area contributed by atoms with Crippen LogP contribution < -0.4 is 4.74 Å². The zero-order valence-electron chi connectivity index (χ0n) is 20.6. The molecule has 0 spiro atoms. The molecule has 3 aromatic rings. The molecule has 1 saturated carbocycles. The fraction of sp³-hybridized carbons (Fsp3) is 0.400. The summed E-state index contributed by atoms with van der Waals surface area (Å²) in [6, 6.07) is 20.9. The first kappa shape index (κ1) is 27.1. The monoisotopic (exact) mass is 520 g/mol. The highest BCUT2D eigenvalue weighted by Crippen LogP contribution is 2.41. The van der Waals surface area contributed by atoms with Gasteiger partial charge in [-0.3, -0.25) is 0 Å². The Balaban J connectivity index is 1.63. The van der Waals surface area contributed by atoms with Gasteiger partial charge >= 0.3 is 12.3 Å². The fourth-order valence-electron chi connectivity index (χ4n) is 5.22. The quantitative estimate of drug-likeness (QED) is 0.269. The molecule has 3 aromatic carbocycles. The van der Waals surface area contributed by atoms with Crippen molar-refractivity contribution in [1.29, 1.82) is 0 Å². The summed E-state index contributed by atoms with van der Waals surface area (Å²) in [7, 11) is 0. The Morgan fingerprint density at radius 3 is 2.00 bits per heavy atom. The van der Waals surface area contributed by atoms with Gasteiger partial charge in [0.1, 0.15) is 5.75 Å². The van der Waals surface area contributed by atoms with Gasteiger partial charge in [-0.05, 0) is 77.5 Å². The van der Waals surface area contributed by atoms with E-state index in [0.717, 1.165) is 30.4 Å². The van der Waals surface area contributed by atoms with E-state index in [0.29, 0.717) is 22.6 Å². The number of hydrogen-bond donors (Lipinski definition) is 0. The smallest absolute Gasteiger partial charge is 0.430 e. The molecule has 0 saturated heterocycles. The molecule has 0 aromatic heterocycles. The molecule has 1 fully saturated rings. The van der Waals surface area contributed by atoms with E-state index in [1.807, 2.05) is 54.6 Å². The van der Waals surface area contributed by atoms with E-state index in [-0.39, 0.29) is 0 Å². The fourth-order valence-corrected chi connectivity index (χ4v) is 5.22. The lowest BCUT2D eigenvalue weighted by Crippen LogP contribution is -2.45. The van der Waals surface area contributed by atoms with Crippen LogP contribution in [0.4, 0.5) is 26.3 Å². The SMILES string of the molecule is CCCC1CCC(c2ccc(-c3cc(OC(F)(F)C(F)C(F)(F)F)ccc3-c3ccccc3)cc2)CC1. The number of halogens is 6. The van der Waals surface area contributed by atoms with Crippen molar-refractivity contribution in [1.82, 2.24) is 0 Å². The van der Waals surface area contributed by atoms with Crippen LogP contribution in [0.2, 0.25) is 0 Å². The van der Waals surface area contributed by atoms with E-state index in [4.69, 9.17) is 0 Å². The van der Waals surface area contributed by atoms with Crippen molar-refractivity contribution in [3.63, 3.8) is 0 Å². The van der Waals surface area contributed by atoms with Gasteiger partial charge in [0, 0.05) is 0 Å². The summed E-state index contributed by atoms with van der Waals surface area (Å²) in [4.78, 5) is 0. The van der Waals surface area contributed by atoms with E-state index in [2.05, 4.69) is 11.7 Å². The molecule has 1 atom stereocenters. The summed E-state index contributed by atoms with van der Waals surface area (Å²) in [6.07, 6.45) is -8.13. The summed E-state index contributed by atoms with van der Waals surface area (Å²) in [6.45, 7) is 2.21. The molecule has 4 rings (SSSR count). The first-order valence-electron chi connectivity index (χ1n) is 12.7. The Labute approximate surface area is 213 Å². The van der Waals surface area contributed by atoms with Crippen LogP contribution in [-0.2, 0) is 0 Å². The standard InChI is InChI=1S/C30H30F6O/c1-2-6-20-9-11-21(12-10-20)22-13-15-24(16-14-22)27-19-25(37-30(35,36)28(31)29(32,33)34)17-18-26(27)23-7-4-3-5-8-23/h3-5,7-8,13-21,28H,2,6,9-12H2,1H3. The molecule has 0 aliphatic heterocycles. The highest BCUT2D eigenvalue weighted by atomic mass is 19.4. The summed E-state index contributed by atoms with van der Waals surface area (Å²) < 4.78 is 83.4. The third-order valence-corrected chi connectivity index (χ3v) is 7.15. The summed E-state index contributed by atoms with van der Waals surface area (Å²) in [5.41, 5.74) is 3.90. The number of rotatable bonds is 8. The van der Waals surface area contributed by atoms with Crippen LogP contribution in [0, 0.1) is 5.92 Å². The van der Waals surface area contributed by atoms with E-state index >= 15 is 0 Å². The van der Waals surface area contributed by atoms with Crippen LogP contribution in [0.5, 0.6) is 5.75 Å². The van der Waals surface area contributed by atoms with E-state index < -0.39 is 24.2 Å². The first-order chi connectivity index (χ1) is 17.6. The number of hydrogen-bond acceptors (Lipinski definition) is 1. The van der Waals surface area contributed by atoms with Crippen LogP contribution in [0.1, 0.15) is 56.9 Å². The lowest BCUT2D eigenvalue weighted by molar-refractivity contribution is -0.304. The molecule has 0 bridgehead atoms. The van der Waals surface area contributed by atoms with Crippen LogP contribution >= 0.6 is 0 Å². The van der Waals surface area contributed by atoms with Crippen molar-refractivity contribution >= 4 is 0 Å². The highest BCUT2D eigenvalue weighted by molar-refractivity contribution is 5.84. The predicted octanol–water partition coefficient (Wildman–Crippen LogP) is 9.97. The molecule has 1 nitrogen and oxygen atoms in total. The van der Waals surface area contributed by atoms with Crippen LogP contribution in [-0.4, -0.2) is 18.5 Å². The second-order valence-corrected chi connectivity index (χ2v) is 9.77. The van der Waals surface area contributed by atoms with E-state index in [9.17, 15) is 26.3 Å². The predicted molar refractivity (Wildman–Crippen MR) is 133 cm³/mol. The second kappa shape index (κ2) is 11.2. The largest absolute Gasteiger partial charge is 0.439 e. The maximum atomic E-state index is 14.0. The minimum atomic E-state index is -5.75. The van der Waals surface area contributed by atoms with Gasteiger partial charge < -0.3 is 4.74 Å². The van der Waals surface area contributed by atoms with Crippen molar-refractivity contribution in [2.24, 2.45) is 5.92 Å². The highest BCUT2D eigenvalue weighted by Gasteiger charge is 2.59. The van der Waals surface area contributed by atoms with Gasteiger partial charge in [0.25, 0.3) is 6.17 Å². The Kier molecular flexibility index (Phi) is 8.20. The van der Waals surface area contributed by atoms with Gasteiger partial charge in [-0.25, -0.2) is 4.39 Å². The average Bonchev–Trinajstić information content (AvgIpc) is 2.89. The maximum absolute atomic E-state index is 14.0. The Hall–Kier alpha value is -2.96. The molecule has 1 unspecified atom stereocenters. The summed E-state index contributed by atoms with van der Waals surface area (Å²) >= 11 is 0. The average molecular weight is 521 g/mol. The molecule has 1 aliphatic carbocycles. The van der Waals surface area contributed by atoms with Gasteiger partial charge in [0.15, 0.2) is 0 Å². The van der Waals surface area contributed by atoms with Gasteiger partial charge in [-0.15, -0.1) is 0 Å². The van der Waals surface area contributed by atoms with Crippen molar-refractivity contribution < 1.29 is 31.1 Å². The van der Waals surface area contributed by atoms with Gasteiger partial charge in [-0.2, -0.15) is 22.0 Å². The van der Waals surface area contributed by atoms with Crippen LogP contribution in [0.25, 0.3) is 22.3 Å². The lowest BCUT2D eigenvalue weighted by Gasteiger charge is -2.28. The van der Waals surface area contributed by atoms with Gasteiger partial charge in [-0.1, -0.05) is 80.4 Å². The van der Waals surface area contributed by atoms with Gasteiger partial charge in [0.2, 0.25) is 0 Å². The zero-order valence-corrected chi connectivity index (χ0v) is 20.6. The van der Waals surface area contributed by atoms with Crippen LogP contribution in [0.15, 0.2) is 72.8 Å². The van der Waals surface area contributed by atoms with Crippen molar-refractivity contribution in [2.45, 2.75) is 69.8 Å².